The summed E-state index contributed by atoms with van der Waals surface area (Å²) in [5, 5.41) is 0.108. The number of halogens is 5. The van der Waals surface area contributed by atoms with Crippen LogP contribution in [0.25, 0.3) is 22.0 Å². The molecule has 5 heterocycles. The van der Waals surface area contributed by atoms with Crippen molar-refractivity contribution in [3.05, 3.63) is 64.6 Å². The molecule has 5 atom stereocenters. The van der Waals surface area contributed by atoms with E-state index < -0.39 is 46.2 Å². The van der Waals surface area contributed by atoms with Gasteiger partial charge in [-0.05, 0) is 38.1 Å². The molecule has 3 fully saturated rings. The van der Waals surface area contributed by atoms with Crippen LogP contribution in [0, 0.1) is 11.6 Å². The number of nitrogens with zero attached hydrogens (tertiary/aromatic N) is 5. The molecule has 0 N–H and O–H groups in total. The number of ether oxygens (including phenoxy) is 1. The number of anilines is 1. The number of carbonyl (C=O) groups is 1. The molecule has 238 valence electrons. The smallest absolute Gasteiger partial charge is 0.373 e. The molecule has 45 heavy (non-hydrogen) atoms. The van der Waals surface area contributed by atoms with Gasteiger partial charge in [-0.3, -0.25) is 14.3 Å². The number of hydrogen-bond donors (Lipinski definition) is 0. The summed E-state index contributed by atoms with van der Waals surface area (Å²) in [6, 6.07) is 2.54. The van der Waals surface area contributed by atoms with Crippen molar-refractivity contribution < 1.29 is 31.5 Å². The maximum Gasteiger partial charge on any atom is 0.417 e. The van der Waals surface area contributed by atoms with Crippen LogP contribution in [-0.4, -0.2) is 88.0 Å². The predicted octanol–water partition coefficient (Wildman–Crippen LogP) is 4.70. The highest BCUT2D eigenvalue weighted by molar-refractivity contribution is 7.99. The summed E-state index contributed by atoms with van der Waals surface area (Å²) in [6.45, 7) is 9.39. The van der Waals surface area contributed by atoms with Crippen molar-refractivity contribution in [2.24, 2.45) is 0 Å². The lowest BCUT2D eigenvalue weighted by Crippen LogP contribution is -2.71. The van der Waals surface area contributed by atoms with E-state index in [0.717, 1.165) is 30.0 Å². The van der Waals surface area contributed by atoms with Gasteiger partial charge in [0.25, 0.3) is 0 Å². The first-order valence-corrected chi connectivity index (χ1v) is 15.7. The van der Waals surface area contributed by atoms with Crippen LogP contribution in [0.2, 0.25) is 0 Å². The molecule has 2 aromatic carbocycles. The third-order valence-electron chi connectivity index (χ3n) is 9.32. The fourth-order valence-corrected chi connectivity index (χ4v) is 8.55. The fourth-order valence-electron chi connectivity index (χ4n) is 7.23. The zero-order valence-electron chi connectivity index (χ0n) is 24.5. The molecule has 1 aromatic heterocycles. The van der Waals surface area contributed by atoms with Crippen LogP contribution in [0.15, 0.2) is 46.6 Å². The van der Waals surface area contributed by atoms with E-state index >= 15 is 4.39 Å². The molecule has 1 amide bonds. The number of fused-ring (bicyclic) bond motifs is 1. The van der Waals surface area contributed by atoms with Crippen molar-refractivity contribution in [2.45, 2.75) is 55.2 Å². The minimum absolute atomic E-state index is 0.0752. The van der Waals surface area contributed by atoms with Crippen LogP contribution in [-0.2, 0) is 15.7 Å². The Hall–Kier alpha value is -3.49. The van der Waals surface area contributed by atoms with Gasteiger partial charge in [0.2, 0.25) is 5.91 Å². The summed E-state index contributed by atoms with van der Waals surface area (Å²) in [6.07, 6.45) is -3.54. The first-order valence-electron chi connectivity index (χ1n) is 14.7. The number of amides is 1. The number of hydrogen-bond acceptors (Lipinski definition) is 7. The highest BCUT2D eigenvalue weighted by Gasteiger charge is 2.48. The molecule has 0 aliphatic carbocycles. The molecule has 3 saturated heterocycles. The topological polar surface area (TPSA) is 70.9 Å². The van der Waals surface area contributed by atoms with Crippen LogP contribution in [0.3, 0.4) is 0 Å². The quantitative estimate of drug-likeness (QED) is 0.294. The van der Waals surface area contributed by atoms with Crippen LogP contribution < -0.4 is 10.6 Å². The SMILES string of the molecule is C=CC(=O)N1[C@H](C)CN(c2nc(=O)n3c4c(c(-c5ccc(F)cc5F)c(C(F)(F)F)cc24)SC[C@@H]3CN2CC3OCC32)C[C@@H]1C. The van der Waals surface area contributed by atoms with Crippen molar-refractivity contribution in [1.29, 1.82) is 0 Å². The number of rotatable bonds is 5. The Morgan fingerprint density at radius 2 is 1.89 bits per heavy atom. The number of benzene rings is 2. The number of carbonyl (C=O) groups excluding carboxylic acids is 1. The molecule has 0 spiro atoms. The molecule has 0 bridgehead atoms. The van der Waals surface area contributed by atoms with E-state index in [4.69, 9.17) is 4.74 Å². The number of piperazine rings is 1. The molecular weight excluding hydrogens is 617 g/mol. The second kappa shape index (κ2) is 10.8. The molecule has 0 saturated carbocycles. The van der Waals surface area contributed by atoms with Gasteiger partial charge in [-0.25, -0.2) is 13.6 Å². The van der Waals surface area contributed by atoms with E-state index in [1.54, 1.807) is 9.80 Å². The Morgan fingerprint density at radius 3 is 2.47 bits per heavy atom. The van der Waals surface area contributed by atoms with Gasteiger partial charge in [-0.2, -0.15) is 18.2 Å². The van der Waals surface area contributed by atoms with E-state index in [1.165, 1.54) is 10.6 Å². The molecule has 3 aromatic rings. The van der Waals surface area contributed by atoms with Crippen molar-refractivity contribution in [3.8, 4) is 11.1 Å². The minimum atomic E-state index is -4.91. The molecule has 14 heteroatoms. The monoisotopic (exact) mass is 647 g/mol. The van der Waals surface area contributed by atoms with Gasteiger partial charge in [-0.1, -0.05) is 6.58 Å². The minimum Gasteiger partial charge on any atom is -0.373 e. The van der Waals surface area contributed by atoms with E-state index in [-0.39, 0.29) is 70.6 Å². The van der Waals surface area contributed by atoms with E-state index in [9.17, 15) is 27.2 Å². The highest BCUT2D eigenvalue weighted by Crippen LogP contribution is 2.50. The summed E-state index contributed by atoms with van der Waals surface area (Å²) in [5.74, 6) is -1.99. The first-order chi connectivity index (χ1) is 21.4. The van der Waals surface area contributed by atoms with Gasteiger partial charge in [0.1, 0.15) is 17.5 Å². The van der Waals surface area contributed by atoms with Gasteiger partial charge in [0.05, 0.1) is 35.9 Å². The first kappa shape index (κ1) is 30.2. The van der Waals surface area contributed by atoms with Gasteiger partial charge in [0.15, 0.2) is 0 Å². The van der Waals surface area contributed by atoms with Crippen molar-refractivity contribution in [3.63, 3.8) is 0 Å². The van der Waals surface area contributed by atoms with Gasteiger partial charge in [-0.15, -0.1) is 11.8 Å². The predicted molar refractivity (Wildman–Crippen MR) is 159 cm³/mol. The molecular formula is C31H30F5N5O3S. The van der Waals surface area contributed by atoms with Crippen molar-refractivity contribution in [2.75, 3.05) is 43.4 Å². The molecule has 4 aliphatic heterocycles. The lowest BCUT2D eigenvalue weighted by molar-refractivity contribution is -0.216. The lowest BCUT2D eigenvalue weighted by Gasteiger charge is -2.55. The van der Waals surface area contributed by atoms with Crippen LogP contribution in [0.5, 0.6) is 0 Å². The number of alkyl halides is 3. The van der Waals surface area contributed by atoms with Gasteiger partial charge >= 0.3 is 11.9 Å². The zero-order valence-corrected chi connectivity index (χ0v) is 25.3. The Morgan fingerprint density at radius 1 is 1.16 bits per heavy atom. The number of aromatic nitrogens is 2. The largest absolute Gasteiger partial charge is 0.417 e. The van der Waals surface area contributed by atoms with E-state index in [0.29, 0.717) is 25.8 Å². The Balaban J connectivity index is 1.45. The third-order valence-corrected chi connectivity index (χ3v) is 10.6. The third kappa shape index (κ3) is 4.83. The zero-order chi connectivity index (χ0) is 31.9. The summed E-state index contributed by atoms with van der Waals surface area (Å²) in [7, 11) is 0. The summed E-state index contributed by atoms with van der Waals surface area (Å²) in [5.41, 5.74) is -2.32. The van der Waals surface area contributed by atoms with Crippen LogP contribution in [0.4, 0.5) is 27.8 Å². The van der Waals surface area contributed by atoms with Gasteiger partial charge in [0, 0.05) is 71.5 Å². The number of thioether (sulfide) groups is 1. The van der Waals surface area contributed by atoms with Crippen LogP contribution >= 0.6 is 11.8 Å². The summed E-state index contributed by atoms with van der Waals surface area (Å²) < 4.78 is 80.7. The molecule has 2 unspecified atom stereocenters. The van der Waals surface area contributed by atoms with E-state index in [2.05, 4.69) is 16.5 Å². The second-order valence-corrected chi connectivity index (χ2v) is 13.2. The normalized spacial score (nSPS) is 26.3. The standard InChI is InChI=1S/C31H30F5N5O3S/c1-4-25(42)40-15(2)9-39(10-16(40)3)29-20-8-21(31(34,35)36)26(19-6-5-17(32)7-22(19)33)28-27(20)41(30(43)37-29)18(14-45-28)11-38-12-24-23(38)13-44-24/h4-8,15-16,18,23-24H,1,9-14H2,2-3H3/t15-,16+,18-,23?,24?/m0/s1. The van der Waals surface area contributed by atoms with Crippen molar-refractivity contribution >= 4 is 34.4 Å². The maximum atomic E-state index is 15.2. The second-order valence-electron chi connectivity index (χ2n) is 12.1. The summed E-state index contributed by atoms with van der Waals surface area (Å²) in [4.78, 5) is 36.6. The van der Waals surface area contributed by atoms with Crippen LogP contribution in [0.1, 0.15) is 25.5 Å². The molecule has 8 nitrogen and oxygen atoms in total. The lowest BCUT2D eigenvalue weighted by atomic mass is 9.93. The molecule has 4 aliphatic rings. The summed E-state index contributed by atoms with van der Waals surface area (Å²) >= 11 is 1.13. The Labute approximate surface area is 259 Å². The number of likely N-dealkylation sites (tertiary alicyclic amines) is 1. The van der Waals surface area contributed by atoms with Gasteiger partial charge < -0.3 is 14.5 Å². The fraction of sp³-hybridized carbons (Fsp3) is 0.452. The van der Waals surface area contributed by atoms with E-state index in [1.807, 2.05) is 13.8 Å². The molecule has 7 rings (SSSR count). The maximum absolute atomic E-state index is 15.2. The molecule has 0 radical (unpaired) electrons. The van der Waals surface area contributed by atoms with Crippen molar-refractivity contribution in [1.82, 2.24) is 19.4 Å². The Kier molecular flexibility index (Phi) is 7.24. The Bertz CT molecular complexity index is 1790. The highest BCUT2D eigenvalue weighted by atomic mass is 32.2. The number of morpholine rings is 1. The average Bonchev–Trinajstić information content (AvgIpc) is 2.96. The average molecular weight is 648 g/mol.